The van der Waals surface area contributed by atoms with E-state index in [-0.39, 0.29) is 23.5 Å². The molecule has 0 aliphatic carbocycles. The van der Waals surface area contributed by atoms with Crippen LogP contribution in [0.25, 0.3) is 0 Å². The number of para-hydroxylation sites is 1. The standard InChI is InChI=1S/C25H23FN2O2/c26-20-11-6-8-18(16-20)17-28-15-7-14-23(28)25(30)27-22-13-5-4-12-21(22)24(29)19-9-2-1-3-10-19/h1-6,8-13,16,23H,7,14-15,17H2,(H,27,30)/t23-/m0/s1. The van der Waals surface area contributed by atoms with Crippen molar-refractivity contribution in [2.75, 3.05) is 11.9 Å². The van der Waals surface area contributed by atoms with E-state index >= 15 is 0 Å². The lowest BCUT2D eigenvalue weighted by Gasteiger charge is -2.24. The van der Waals surface area contributed by atoms with Gasteiger partial charge in [0.05, 0.1) is 11.7 Å². The van der Waals surface area contributed by atoms with Crippen LogP contribution >= 0.6 is 0 Å². The highest BCUT2D eigenvalue weighted by molar-refractivity contribution is 6.14. The Morgan fingerprint density at radius 1 is 0.967 bits per heavy atom. The highest BCUT2D eigenvalue weighted by Crippen LogP contribution is 2.24. The van der Waals surface area contributed by atoms with Gasteiger partial charge in [0, 0.05) is 17.7 Å². The fraction of sp³-hybridized carbons (Fsp3) is 0.200. The van der Waals surface area contributed by atoms with Crippen LogP contribution in [0.5, 0.6) is 0 Å². The van der Waals surface area contributed by atoms with Crippen LogP contribution < -0.4 is 5.32 Å². The molecule has 5 heteroatoms. The van der Waals surface area contributed by atoms with E-state index in [2.05, 4.69) is 10.2 Å². The molecule has 30 heavy (non-hydrogen) atoms. The fourth-order valence-electron chi connectivity index (χ4n) is 3.93. The third-order valence-electron chi connectivity index (χ3n) is 5.41. The van der Waals surface area contributed by atoms with Crippen LogP contribution in [0.2, 0.25) is 0 Å². The molecule has 3 aromatic carbocycles. The number of nitrogens with zero attached hydrogens (tertiary/aromatic N) is 1. The first-order valence-electron chi connectivity index (χ1n) is 10.1. The summed E-state index contributed by atoms with van der Waals surface area (Å²) in [5.41, 5.74) is 2.39. The van der Waals surface area contributed by atoms with Crippen molar-refractivity contribution >= 4 is 17.4 Å². The molecule has 1 atom stereocenters. The van der Waals surface area contributed by atoms with Gasteiger partial charge < -0.3 is 5.32 Å². The summed E-state index contributed by atoms with van der Waals surface area (Å²) in [4.78, 5) is 28.0. The number of hydrogen-bond donors (Lipinski definition) is 1. The number of benzene rings is 3. The van der Waals surface area contributed by atoms with Crippen LogP contribution in [-0.2, 0) is 11.3 Å². The molecule has 0 aromatic heterocycles. The maximum absolute atomic E-state index is 13.5. The van der Waals surface area contributed by atoms with Crippen LogP contribution in [0.4, 0.5) is 10.1 Å². The van der Waals surface area contributed by atoms with E-state index in [1.807, 2.05) is 24.3 Å². The van der Waals surface area contributed by atoms with Crippen molar-refractivity contribution in [2.45, 2.75) is 25.4 Å². The van der Waals surface area contributed by atoms with E-state index in [1.165, 1.54) is 12.1 Å². The van der Waals surface area contributed by atoms with Crippen molar-refractivity contribution in [1.82, 2.24) is 4.90 Å². The lowest BCUT2D eigenvalue weighted by atomic mass is 10.0. The molecular formula is C25H23FN2O2. The average molecular weight is 402 g/mol. The molecule has 1 aliphatic rings. The molecule has 4 nitrogen and oxygen atoms in total. The van der Waals surface area contributed by atoms with E-state index in [1.54, 1.807) is 42.5 Å². The van der Waals surface area contributed by atoms with Crippen LogP contribution in [-0.4, -0.2) is 29.2 Å². The molecule has 1 fully saturated rings. The van der Waals surface area contributed by atoms with Gasteiger partial charge in [-0.05, 0) is 49.2 Å². The molecular weight excluding hydrogens is 379 g/mol. The lowest BCUT2D eigenvalue weighted by Crippen LogP contribution is -2.39. The minimum absolute atomic E-state index is 0.130. The molecule has 1 saturated heterocycles. The van der Waals surface area contributed by atoms with Crippen molar-refractivity contribution < 1.29 is 14.0 Å². The first-order valence-corrected chi connectivity index (χ1v) is 10.1. The number of likely N-dealkylation sites (tertiary alicyclic amines) is 1. The van der Waals surface area contributed by atoms with Gasteiger partial charge in [0.25, 0.3) is 0 Å². The molecule has 0 saturated carbocycles. The maximum atomic E-state index is 13.5. The minimum atomic E-state index is -0.312. The summed E-state index contributed by atoms with van der Waals surface area (Å²) in [6.45, 7) is 1.29. The molecule has 152 valence electrons. The molecule has 0 unspecified atom stereocenters. The number of anilines is 1. The number of halogens is 1. The summed E-state index contributed by atoms with van der Waals surface area (Å²) in [5.74, 6) is -0.548. The lowest BCUT2D eigenvalue weighted by molar-refractivity contribution is -0.120. The van der Waals surface area contributed by atoms with Crippen LogP contribution in [0, 0.1) is 5.82 Å². The zero-order chi connectivity index (χ0) is 20.9. The Labute approximate surface area is 175 Å². The van der Waals surface area contributed by atoms with Gasteiger partial charge in [-0.15, -0.1) is 0 Å². The van der Waals surface area contributed by atoms with Gasteiger partial charge in [-0.25, -0.2) is 4.39 Å². The number of amides is 1. The Hall–Kier alpha value is -3.31. The topological polar surface area (TPSA) is 49.4 Å². The SMILES string of the molecule is O=C(c1ccccc1)c1ccccc1NC(=O)[C@@H]1CCCN1Cc1cccc(F)c1. The molecule has 1 N–H and O–H groups in total. The quantitative estimate of drug-likeness (QED) is 0.610. The number of carbonyl (C=O) groups is 2. The highest BCUT2D eigenvalue weighted by atomic mass is 19.1. The Morgan fingerprint density at radius 2 is 1.73 bits per heavy atom. The molecule has 1 aliphatic heterocycles. The Kier molecular flexibility index (Phi) is 6.00. The normalized spacial score (nSPS) is 16.4. The zero-order valence-corrected chi connectivity index (χ0v) is 16.6. The number of carbonyl (C=O) groups excluding carboxylic acids is 2. The minimum Gasteiger partial charge on any atom is -0.324 e. The summed E-state index contributed by atoms with van der Waals surface area (Å²) in [7, 11) is 0. The Bertz CT molecular complexity index is 1050. The van der Waals surface area contributed by atoms with Crippen molar-refractivity contribution in [3.05, 3.63) is 101 Å². The Balaban J connectivity index is 1.50. The highest BCUT2D eigenvalue weighted by Gasteiger charge is 2.31. The zero-order valence-electron chi connectivity index (χ0n) is 16.6. The van der Waals surface area contributed by atoms with Gasteiger partial charge in [-0.2, -0.15) is 0 Å². The van der Waals surface area contributed by atoms with Gasteiger partial charge in [0.1, 0.15) is 5.82 Å². The summed E-state index contributed by atoms with van der Waals surface area (Å²) in [5, 5.41) is 2.95. The molecule has 0 bridgehead atoms. The smallest absolute Gasteiger partial charge is 0.241 e. The second-order valence-electron chi connectivity index (χ2n) is 7.49. The molecule has 1 amide bonds. The first kappa shape index (κ1) is 20.0. The van der Waals surface area contributed by atoms with Crippen molar-refractivity contribution in [1.29, 1.82) is 0 Å². The van der Waals surface area contributed by atoms with Gasteiger partial charge >= 0.3 is 0 Å². The second kappa shape index (κ2) is 9.01. The summed E-state index contributed by atoms with van der Waals surface area (Å²) >= 11 is 0. The van der Waals surface area contributed by atoms with Crippen LogP contribution in [0.3, 0.4) is 0 Å². The maximum Gasteiger partial charge on any atom is 0.241 e. The molecule has 3 aromatic rings. The predicted molar refractivity (Wildman–Crippen MR) is 115 cm³/mol. The van der Waals surface area contributed by atoms with E-state index in [4.69, 9.17) is 0 Å². The van der Waals surface area contributed by atoms with Crippen molar-refractivity contribution in [2.24, 2.45) is 0 Å². The third-order valence-corrected chi connectivity index (χ3v) is 5.41. The summed E-state index contributed by atoms with van der Waals surface area (Å²) < 4.78 is 13.5. The van der Waals surface area contributed by atoms with E-state index < -0.39 is 0 Å². The number of ketones is 1. The van der Waals surface area contributed by atoms with Gasteiger partial charge in [0.15, 0.2) is 5.78 Å². The van der Waals surface area contributed by atoms with Crippen molar-refractivity contribution in [3.63, 3.8) is 0 Å². The largest absolute Gasteiger partial charge is 0.324 e. The van der Waals surface area contributed by atoms with Crippen LogP contribution in [0.15, 0.2) is 78.9 Å². The molecule has 0 radical (unpaired) electrons. The number of hydrogen-bond acceptors (Lipinski definition) is 3. The van der Waals surface area contributed by atoms with E-state index in [0.29, 0.717) is 23.4 Å². The van der Waals surface area contributed by atoms with E-state index in [0.717, 1.165) is 24.9 Å². The first-order chi connectivity index (χ1) is 14.6. The Morgan fingerprint density at radius 3 is 2.53 bits per heavy atom. The van der Waals surface area contributed by atoms with Gasteiger partial charge in [0.2, 0.25) is 5.91 Å². The molecule has 0 spiro atoms. The fourth-order valence-corrected chi connectivity index (χ4v) is 3.93. The molecule has 1 heterocycles. The third kappa shape index (κ3) is 4.47. The monoisotopic (exact) mass is 402 g/mol. The van der Waals surface area contributed by atoms with E-state index in [9.17, 15) is 14.0 Å². The predicted octanol–water partition coefficient (Wildman–Crippen LogP) is 4.66. The second-order valence-corrected chi connectivity index (χ2v) is 7.49. The van der Waals surface area contributed by atoms with Crippen molar-refractivity contribution in [3.8, 4) is 0 Å². The molecule has 4 rings (SSSR count). The summed E-state index contributed by atoms with van der Waals surface area (Å²) in [6, 6.07) is 22.2. The van der Waals surface area contributed by atoms with Gasteiger partial charge in [-0.1, -0.05) is 54.6 Å². The average Bonchev–Trinajstić information content (AvgIpc) is 3.22. The summed E-state index contributed by atoms with van der Waals surface area (Å²) in [6.07, 6.45) is 1.63. The van der Waals surface area contributed by atoms with Gasteiger partial charge in [-0.3, -0.25) is 14.5 Å². The number of rotatable bonds is 6. The number of nitrogens with one attached hydrogen (secondary N) is 1. The van der Waals surface area contributed by atoms with Crippen LogP contribution in [0.1, 0.15) is 34.3 Å².